The van der Waals surface area contributed by atoms with Crippen LogP contribution in [0.15, 0.2) is 70.6 Å². The molecule has 3 nitrogen and oxygen atoms in total. The Morgan fingerprint density at radius 1 is 0.686 bits per heavy atom. The summed E-state index contributed by atoms with van der Waals surface area (Å²) in [6.45, 7) is 17.3. The maximum absolute atomic E-state index is 5.01. The van der Waals surface area contributed by atoms with E-state index in [0.717, 1.165) is 34.1 Å². The fourth-order valence-electron chi connectivity index (χ4n) is 3.81. The number of para-hydroxylation sites is 2. The molecule has 3 rings (SSSR count). The van der Waals surface area contributed by atoms with Gasteiger partial charge >= 0.3 is 0 Å². The van der Waals surface area contributed by atoms with Crippen molar-refractivity contribution in [2.75, 3.05) is 0 Å². The molecule has 6 heteroatoms. The Balaban J connectivity index is 0.00000385. The molecule has 1 aromatic heterocycles. The van der Waals surface area contributed by atoms with E-state index >= 15 is 0 Å². The Hall–Kier alpha value is -1.97. The molecule has 0 aliphatic carbocycles. The van der Waals surface area contributed by atoms with Crippen molar-refractivity contribution >= 4 is 47.6 Å². The molecule has 1 heterocycles. The molecule has 0 unspecified atom stereocenters. The Labute approximate surface area is 234 Å². The van der Waals surface area contributed by atoms with Crippen molar-refractivity contribution < 1.29 is 17.1 Å². The second-order valence-corrected chi connectivity index (χ2v) is 10.3. The van der Waals surface area contributed by atoms with Crippen LogP contribution >= 0.6 is 24.8 Å². The monoisotopic (exact) mass is 552 g/mol. The first kappa shape index (κ1) is 33.0. The van der Waals surface area contributed by atoms with Gasteiger partial charge in [0.25, 0.3) is 0 Å². The Morgan fingerprint density at radius 3 is 1.57 bits per heavy atom. The topological polar surface area (TPSA) is 37.6 Å². The van der Waals surface area contributed by atoms with E-state index < -0.39 is 0 Å². The molecule has 0 atom stereocenters. The van der Waals surface area contributed by atoms with Crippen LogP contribution in [0.4, 0.5) is 11.4 Å². The van der Waals surface area contributed by atoms with Gasteiger partial charge in [0.05, 0.1) is 11.4 Å². The van der Waals surface area contributed by atoms with Gasteiger partial charge in [-0.05, 0) is 53.6 Å². The number of rotatable bonds is 4. The van der Waals surface area contributed by atoms with Crippen LogP contribution in [-0.2, 0) is 27.9 Å². The van der Waals surface area contributed by atoms with Gasteiger partial charge in [-0.25, -0.2) is 0 Å². The molecule has 0 amide bonds. The molecule has 0 bridgehead atoms. The van der Waals surface area contributed by atoms with E-state index in [1.807, 2.05) is 38.1 Å². The molecule has 2 aromatic carbocycles. The van der Waals surface area contributed by atoms with Gasteiger partial charge in [0.15, 0.2) is 0 Å². The summed E-state index contributed by atoms with van der Waals surface area (Å²) in [5, 5.41) is 0. The maximum atomic E-state index is 5.01. The average molecular weight is 553 g/mol. The Bertz CT molecular complexity index is 1080. The van der Waals surface area contributed by atoms with Crippen molar-refractivity contribution in [1.82, 2.24) is 4.98 Å². The van der Waals surface area contributed by atoms with Gasteiger partial charge in [-0.1, -0.05) is 89.7 Å². The predicted octanol–water partition coefficient (Wildman–Crippen LogP) is 8.60. The summed E-state index contributed by atoms with van der Waals surface area (Å²) in [6, 6.07) is 20.5. The van der Waals surface area contributed by atoms with Crippen LogP contribution in [-0.4, -0.2) is 16.4 Å². The van der Waals surface area contributed by atoms with Crippen LogP contribution in [0.1, 0.15) is 77.8 Å². The second-order valence-electron chi connectivity index (χ2n) is 10.3. The molecule has 190 valence electrons. The van der Waals surface area contributed by atoms with Crippen LogP contribution in [0, 0.1) is 6.20 Å². The van der Waals surface area contributed by atoms with Gasteiger partial charge < -0.3 is 4.98 Å². The van der Waals surface area contributed by atoms with Gasteiger partial charge in [-0.3, -0.25) is 9.98 Å². The van der Waals surface area contributed by atoms with Crippen LogP contribution in [0.2, 0.25) is 0 Å². The number of aliphatic imine (C=N–C) groups is 2. The summed E-state index contributed by atoms with van der Waals surface area (Å²) in [4.78, 5) is 14.6. The SMILES string of the molecule is CC(=Nc1ccccc1C(C)(C)C)c1cc[c-]nc1C(C)=Nc1ccccc1C(C)(C)C.Cl.Cl.[Fe]. The predicted molar refractivity (Wildman–Crippen MR) is 152 cm³/mol. The third kappa shape index (κ3) is 8.29. The number of hydrogen-bond donors (Lipinski definition) is 0. The van der Waals surface area contributed by atoms with Crippen LogP contribution in [0.25, 0.3) is 0 Å². The fourth-order valence-corrected chi connectivity index (χ4v) is 3.81. The molecule has 0 saturated carbocycles. The van der Waals surface area contributed by atoms with Crippen LogP contribution in [0.3, 0.4) is 0 Å². The fraction of sp³-hybridized carbons (Fsp3) is 0.345. The normalized spacial score (nSPS) is 12.2. The third-order valence-corrected chi connectivity index (χ3v) is 5.49. The van der Waals surface area contributed by atoms with Crippen molar-refractivity contribution in [2.24, 2.45) is 9.98 Å². The minimum atomic E-state index is 0. The van der Waals surface area contributed by atoms with Gasteiger partial charge in [-0.2, -0.15) is 12.1 Å². The molecule has 0 spiro atoms. The summed E-state index contributed by atoms with van der Waals surface area (Å²) in [5.41, 5.74) is 7.97. The summed E-state index contributed by atoms with van der Waals surface area (Å²) < 4.78 is 0. The molecule has 0 saturated heterocycles. The van der Waals surface area contributed by atoms with Crippen molar-refractivity contribution in [1.29, 1.82) is 0 Å². The molecular formula is C29H36Cl2FeN3-. The first-order chi connectivity index (χ1) is 15.0. The molecule has 35 heavy (non-hydrogen) atoms. The zero-order chi connectivity index (χ0) is 23.5. The molecule has 0 N–H and O–H groups in total. The van der Waals surface area contributed by atoms with Gasteiger partial charge in [-0.15, -0.1) is 24.8 Å². The molecule has 0 fully saturated rings. The van der Waals surface area contributed by atoms with E-state index in [2.05, 4.69) is 89.1 Å². The quantitative estimate of drug-likeness (QED) is 0.181. The number of hydrogen-bond acceptors (Lipinski definition) is 3. The summed E-state index contributed by atoms with van der Waals surface area (Å²) in [6.07, 6.45) is 2.98. The maximum Gasteiger partial charge on any atom is 0.0669 e. The van der Waals surface area contributed by atoms with Gasteiger partial charge in [0, 0.05) is 28.5 Å². The summed E-state index contributed by atoms with van der Waals surface area (Å²) >= 11 is 0. The molecular weight excluding hydrogens is 517 g/mol. The van der Waals surface area contributed by atoms with E-state index in [4.69, 9.17) is 9.98 Å². The van der Waals surface area contributed by atoms with Crippen molar-refractivity contribution in [2.45, 2.75) is 66.2 Å². The summed E-state index contributed by atoms with van der Waals surface area (Å²) in [5.74, 6) is 0. The number of halogens is 2. The largest absolute Gasteiger partial charge is 0.384 e. The van der Waals surface area contributed by atoms with E-state index in [0.29, 0.717) is 0 Å². The number of pyridine rings is 1. The third-order valence-electron chi connectivity index (χ3n) is 5.49. The summed E-state index contributed by atoms with van der Waals surface area (Å²) in [7, 11) is 0. The smallest absolute Gasteiger partial charge is 0.0669 e. The zero-order valence-corrected chi connectivity index (χ0v) is 24.5. The standard InChI is InChI=1S/C29H34N3.2ClH.Fe/c1-20(31-25-17-11-9-15-23(25)28(3,4)5)22-14-13-19-30-27(22)21(2)32-26-18-12-10-16-24(26)29(6,7)8;;;/h9-18H,1-8H3;2*1H;/q-1;;;. The van der Waals surface area contributed by atoms with Gasteiger partial charge in [0.1, 0.15) is 0 Å². The van der Waals surface area contributed by atoms with Gasteiger partial charge in [0.2, 0.25) is 0 Å². The van der Waals surface area contributed by atoms with Crippen molar-refractivity contribution in [3.8, 4) is 0 Å². The molecule has 0 aliphatic rings. The average Bonchev–Trinajstić information content (AvgIpc) is 2.73. The molecule has 0 aliphatic heterocycles. The first-order valence-electron chi connectivity index (χ1n) is 11.2. The zero-order valence-electron chi connectivity index (χ0n) is 21.8. The number of benzene rings is 2. The number of nitrogens with zero attached hydrogens (tertiary/aromatic N) is 3. The van der Waals surface area contributed by atoms with E-state index in [9.17, 15) is 0 Å². The Kier molecular flexibility index (Phi) is 12.6. The van der Waals surface area contributed by atoms with E-state index in [-0.39, 0.29) is 52.7 Å². The second kappa shape index (κ2) is 13.4. The van der Waals surface area contributed by atoms with E-state index in [1.165, 1.54) is 11.1 Å². The van der Waals surface area contributed by atoms with E-state index in [1.54, 1.807) is 0 Å². The molecule has 0 radical (unpaired) electrons. The molecule has 3 aromatic rings. The van der Waals surface area contributed by atoms with Crippen molar-refractivity contribution in [3.05, 3.63) is 89.2 Å². The number of aromatic nitrogens is 1. The minimum absolute atomic E-state index is 0. The van der Waals surface area contributed by atoms with Crippen molar-refractivity contribution in [3.63, 3.8) is 0 Å². The minimum Gasteiger partial charge on any atom is -0.384 e. The van der Waals surface area contributed by atoms with Crippen LogP contribution < -0.4 is 0 Å². The first-order valence-corrected chi connectivity index (χ1v) is 11.2. The Morgan fingerprint density at radius 2 is 1.11 bits per heavy atom. The van der Waals surface area contributed by atoms with Crippen LogP contribution in [0.5, 0.6) is 0 Å².